The van der Waals surface area contributed by atoms with Crippen LogP contribution in [0.2, 0.25) is 5.02 Å². The molecule has 0 aliphatic heterocycles. The highest BCUT2D eigenvalue weighted by molar-refractivity contribution is 6.30. The Morgan fingerprint density at radius 2 is 1.61 bits per heavy atom. The van der Waals surface area contributed by atoms with Gasteiger partial charge in [0.15, 0.2) is 5.65 Å². The number of anilines is 1. The molecule has 1 amide bonds. The molecule has 38 heavy (non-hydrogen) atoms. The van der Waals surface area contributed by atoms with E-state index >= 15 is 0 Å². The van der Waals surface area contributed by atoms with Crippen LogP contribution in [0.3, 0.4) is 0 Å². The average molecular weight is 527 g/mol. The summed E-state index contributed by atoms with van der Waals surface area (Å²) in [6.07, 6.45) is 2.70. The van der Waals surface area contributed by atoms with E-state index in [1.165, 1.54) is 0 Å². The summed E-state index contributed by atoms with van der Waals surface area (Å²) < 4.78 is 7.43. The van der Waals surface area contributed by atoms with E-state index in [4.69, 9.17) is 26.3 Å². The summed E-state index contributed by atoms with van der Waals surface area (Å²) in [5, 5.41) is 3.47. The summed E-state index contributed by atoms with van der Waals surface area (Å²) in [5.74, 6) is -0.713. The maximum absolute atomic E-state index is 13.6. The first-order valence-electron chi connectivity index (χ1n) is 12.6. The van der Waals surface area contributed by atoms with Gasteiger partial charge in [0.1, 0.15) is 16.9 Å². The van der Waals surface area contributed by atoms with Gasteiger partial charge in [-0.15, -0.1) is 0 Å². The van der Waals surface area contributed by atoms with Gasteiger partial charge in [0.25, 0.3) is 5.91 Å². The Bertz CT molecular complexity index is 1630. The molecule has 5 rings (SSSR count). The summed E-state index contributed by atoms with van der Waals surface area (Å²) in [7, 11) is 0. The van der Waals surface area contributed by atoms with Crippen molar-refractivity contribution in [2.75, 3.05) is 11.9 Å². The molecule has 1 N–H and O–H groups in total. The normalized spacial score (nSPS) is 11.1. The van der Waals surface area contributed by atoms with E-state index in [1.807, 2.05) is 55.5 Å². The lowest BCUT2D eigenvalue weighted by molar-refractivity contribution is 0.0501. The van der Waals surface area contributed by atoms with Gasteiger partial charge in [-0.1, -0.05) is 61.2 Å². The van der Waals surface area contributed by atoms with E-state index in [-0.39, 0.29) is 18.0 Å². The van der Waals surface area contributed by atoms with Crippen molar-refractivity contribution in [3.05, 3.63) is 94.5 Å². The zero-order chi connectivity index (χ0) is 26.6. The fourth-order valence-corrected chi connectivity index (χ4v) is 4.40. The monoisotopic (exact) mass is 526 g/mol. The van der Waals surface area contributed by atoms with E-state index < -0.39 is 11.9 Å². The molecular formula is C30H27ClN4O3. The van der Waals surface area contributed by atoms with E-state index in [9.17, 15) is 9.59 Å². The standard InChI is InChI=1S/C30H27ClN4O3/c1-3-4-7-18-38-30(37)25-26-28(33-24-9-6-5-8-23(24)32-26)35(22-16-10-19(2)11-17-22)27(25)34-29(36)20-12-14-21(31)15-13-20/h5-6,8-17H,3-4,7,18H2,1-2H3,(H,34,36). The molecule has 0 radical (unpaired) electrons. The number of benzene rings is 3. The number of ether oxygens (including phenoxy) is 1. The zero-order valence-electron chi connectivity index (χ0n) is 21.2. The third-order valence-electron chi connectivity index (χ3n) is 6.28. The Labute approximate surface area is 225 Å². The highest BCUT2D eigenvalue weighted by atomic mass is 35.5. The van der Waals surface area contributed by atoms with Crippen LogP contribution in [0.25, 0.3) is 27.9 Å². The average Bonchev–Trinajstić information content (AvgIpc) is 3.23. The van der Waals surface area contributed by atoms with E-state index in [1.54, 1.807) is 28.8 Å². The number of rotatable bonds is 8. The Hall–Kier alpha value is -4.23. The lowest BCUT2D eigenvalue weighted by Gasteiger charge is -2.13. The van der Waals surface area contributed by atoms with Gasteiger partial charge in [-0.05, 0) is 61.9 Å². The molecule has 8 heteroatoms. The summed E-state index contributed by atoms with van der Waals surface area (Å²) in [4.78, 5) is 36.6. The molecule has 2 heterocycles. The van der Waals surface area contributed by atoms with Gasteiger partial charge in [-0.3, -0.25) is 9.36 Å². The number of nitrogens with zero attached hydrogens (tertiary/aromatic N) is 3. The Kier molecular flexibility index (Phi) is 7.38. The summed E-state index contributed by atoms with van der Waals surface area (Å²) in [6.45, 7) is 4.35. The van der Waals surface area contributed by atoms with Gasteiger partial charge >= 0.3 is 5.97 Å². The van der Waals surface area contributed by atoms with Crippen molar-refractivity contribution in [3.63, 3.8) is 0 Å². The maximum Gasteiger partial charge on any atom is 0.344 e. The molecule has 2 aromatic heterocycles. The van der Waals surface area contributed by atoms with Crippen molar-refractivity contribution < 1.29 is 14.3 Å². The second kappa shape index (κ2) is 11.0. The number of esters is 1. The van der Waals surface area contributed by atoms with Gasteiger partial charge in [-0.2, -0.15) is 0 Å². The van der Waals surface area contributed by atoms with Crippen LogP contribution in [0.4, 0.5) is 5.82 Å². The Morgan fingerprint density at radius 1 is 0.921 bits per heavy atom. The SMILES string of the molecule is CCCCCOC(=O)c1c(NC(=O)c2ccc(Cl)cc2)n(-c2ccc(C)cc2)c2nc3ccccc3nc12. The van der Waals surface area contributed by atoms with Crippen LogP contribution in [-0.4, -0.2) is 33.0 Å². The smallest absolute Gasteiger partial charge is 0.344 e. The fourth-order valence-electron chi connectivity index (χ4n) is 4.27. The number of amides is 1. The molecule has 0 fully saturated rings. The lowest BCUT2D eigenvalue weighted by Crippen LogP contribution is -2.18. The molecule has 0 spiro atoms. The molecule has 5 aromatic rings. The summed E-state index contributed by atoms with van der Waals surface area (Å²) >= 11 is 6.02. The fraction of sp³-hybridized carbons (Fsp3) is 0.200. The molecule has 0 saturated carbocycles. The van der Waals surface area contributed by atoms with Crippen molar-refractivity contribution >= 4 is 51.5 Å². The number of hydrogen-bond donors (Lipinski definition) is 1. The molecule has 0 aliphatic carbocycles. The topological polar surface area (TPSA) is 86.1 Å². The van der Waals surface area contributed by atoms with E-state index in [0.717, 1.165) is 30.5 Å². The van der Waals surface area contributed by atoms with Crippen LogP contribution in [0.5, 0.6) is 0 Å². The lowest BCUT2D eigenvalue weighted by atomic mass is 10.2. The van der Waals surface area contributed by atoms with Crippen molar-refractivity contribution in [2.24, 2.45) is 0 Å². The molecule has 0 aliphatic rings. The zero-order valence-corrected chi connectivity index (χ0v) is 22.0. The van der Waals surface area contributed by atoms with Gasteiger partial charge in [-0.25, -0.2) is 14.8 Å². The van der Waals surface area contributed by atoms with Gasteiger partial charge in [0.05, 0.1) is 17.6 Å². The van der Waals surface area contributed by atoms with Crippen molar-refractivity contribution in [1.29, 1.82) is 0 Å². The first-order valence-corrected chi connectivity index (χ1v) is 13.0. The first kappa shape index (κ1) is 25.4. The minimum absolute atomic E-state index is 0.164. The Morgan fingerprint density at radius 3 is 2.29 bits per heavy atom. The number of hydrogen-bond acceptors (Lipinski definition) is 5. The minimum atomic E-state index is -0.562. The van der Waals surface area contributed by atoms with Gasteiger partial charge < -0.3 is 10.1 Å². The number of aromatic nitrogens is 3. The number of para-hydroxylation sites is 2. The minimum Gasteiger partial charge on any atom is -0.462 e. The van der Waals surface area contributed by atoms with E-state index in [2.05, 4.69) is 12.2 Å². The van der Waals surface area contributed by atoms with Crippen molar-refractivity contribution in [1.82, 2.24) is 14.5 Å². The summed E-state index contributed by atoms with van der Waals surface area (Å²) in [6, 6.07) is 21.8. The third-order valence-corrected chi connectivity index (χ3v) is 6.53. The number of carbonyl (C=O) groups is 2. The number of carbonyl (C=O) groups excluding carboxylic acids is 2. The number of unbranched alkanes of at least 4 members (excludes halogenated alkanes) is 2. The van der Waals surface area contributed by atoms with Gasteiger partial charge in [0.2, 0.25) is 0 Å². The van der Waals surface area contributed by atoms with Crippen LogP contribution in [0, 0.1) is 6.92 Å². The van der Waals surface area contributed by atoms with Crippen LogP contribution in [-0.2, 0) is 4.74 Å². The molecule has 0 atom stereocenters. The van der Waals surface area contributed by atoms with Crippen molar-refractivity contribution in [2.45, 2.75) is 33.1 Å². The molecule has 0 bridgehead atoms. The number of fused-ring (bicyclic) bond motifs is 2. The predicted molar refractivity (Wildman–Crippen MR) is 150 cm³/mol. The quantitative estimate of drug-likeness (QED) is 0.171. The number of halogens is 1. The summed E-state index contributed by atoms with van der Waals surface area (Å²) in [5.41, 5.74) is 4.46. The molecule has 7 nitrogen and oxygen atoms in total. The maximum atomic E-state index is 13.6. The first-order chi connectivity index (χ1) is 18.5. The predicted octanol–water partition coefficient (Wildman–Crippen LogP) is 7.13. The van der Waals surface area contributed by atoms with Crippen molar-refractivity contribution in [3.8, 4) is 5.69 Å². The number of nitrogens with one attached hydrogen (secondary N) is 1. The van der Waals surface area contributed by atoms with E-state index in [0.29, 0.717) is 32.8 Å². The largest absolute Gasteiger partial charge is 0.462 e. The molecule has 0 unspecified atom stereocenters. The highest BCUT2D eigenvalue weighted by Crippen LogP contribution is 2.34. The second-order valence-corrected chi connectivity index (χ2v) is 9.52. The highest BCUT2D eigenvalue weighted by Gasteiger charge is 2.29. The molecule has 0 saturated heterocycles. The molecular weight excluding hydrogens is 500 g/mol. The van der Waals surface area contributed by atoms with Crippen LogP contribution < -0.4 is 5.32 Å². The Balaban J connectivity index is 1.73. The van der Waals surface area contributed by atoms with Gasteiger partial charge in [0, 0.05) is 16.3 Å². The second-order valence-electron chi connectivity index (χ2n) is 9.08. The third kappa shape index (κ3) is 5.10. The molecule has 3 aromatic carbocycles. The van der Waals surface area contributed by atoms with Crippen LogP contribution in [0.1, 0.15) is 52.5 Å². The van der Waals surface area contributed by atoms with Crippen LogP contribution in [0.15, 0.2) is 72.8 Å². The van der Waals surface area contributed by atoms with Crippen LogP contribution >= 0.6 is 11.6 Å². The number of aryl methyl sites for hydroxylation is 1. The molecule has 192 valence electrons.